The van der Waals surface area contributed by atoms with E-state index >= 15 is 0 Å². The molecular formula is C20H25N3O5S. The number of nitrogens with one attached hydrogen (secondary N) is 1. The predicted octanol–water partition coefficient (Wildman–Crippen LogP) is 2.73. The average molecular weight is 420 g/mol. The Bertz CT molecular complexity index is 921. The number of sulfonamides is 1. The molecule has 2 aromatic carbocycles. The smallest absolute Gasteiger partial charge is 0.289 e. The molecule has 1 N–H and O–H groups in total. The second kappa shape index (κ2) is 9.93. The second-order valence-corrected chi connectivity index (χ2v) is 8.64. The lowest BCUT2D eigenvalue weighted by Gasteiger charge is -2.33. The maximum absolute atomic E-state index is 12.4. The molecule has 9 heteroatoms. The van der Waals surface area contributed by atoms with Crippen LogP contribution in [0.4, 0.5) is 5.69 Å². The number of morpholine rings is 1. The van der Waals surface area contributed by atoms with Crippen LogP contribution >= 0.6 is 0 Å². The van der Waals surface area contributed by atoms with E-state index in [1.54, 1.807) is 0 Å². The molecule has 1 aliphatic heterocycles. The lowest BCUT2D eigenvalue weighted by atomic mass is 10.1. The van der Waals surface area contributed by atoms with Crippen LogP contribution in [-0.4, -0.2) is 51.0 Å². The van der Waals surface area contributed by atoms with Crippen molar-refractivity contribution >= 4 is 15.7 Å². The van der Waals surface area contributed by atoms with E-state index in [4.69, 9.17) is 4.74 Å². The maximum atomic E-state index is 12.4. The summed E-state index contributed by atoms with van der Waals surface area (Å²) in [6.45, 7) is 3.42. The molecule has 0 aliphatic carbocycles. The van der Waals surface area contributed by atoms with Crippen LogP contribution < -0.4 is 4.72 Å². The summed E-state index contributed by atoms with van der Waals surface area (Å²) in [6, 6.07) is 15.5. The van der Waals surface area contributed by atoms with Gasteiger partial charge in [-0.3, -0.25) is 15.0 Å². The molecule has 1 fully saturated rings. The zero-order chi connectivity index (χ0) is 20.7. The molecule has 0 amide bonds. The first kappa shape index (κ1) is 21.4. The van der Waals surface area contributed by atoms with Gasteiger partial charge in [0, 0.05) is 25.7 Å². The van der Waals surface area contributed by atoms with Crippen molar-refractivity contribution in [3.8, 4) is 0 Å². The Morgan fingerprint density at radius 1 is 1.10 bits per heavy atom. The summed E-state index contributed by atoms with van der Waals surface area (Å²) >= 11 is 0. The highest BCUT2D eigenvalue weighted by Gasteiger charge is 2.25. The minimum atomic E-state index is -3.91. The van der Waals surface area contributed by atoms with E-state index in [1.807, 2.05) is 18.2 Å². The zero-order valence-electron chi connectivity index (χ0n) is 16.1. The number of unbranched alkanes of at least 4 members (excludes halogenated alkanes) is 1. The fraction of sp³-hybridized carbons (Fsp3) is 0.400. The Kier molecular flexibility index (Phi) is 7.32. The molecule has 8 nitrogen and oxygen atoms in total. The molecule has 3 rings (SSSR count). The number of rotatable bonds is 9. The summed E-state index contributed by atoms with van der Waals surface area (Å²) in [7, 11) is -3.91. The second-order valence-electron chi connectivity index (χ2n) is 6.90. The van der Waals surface area contributed by atoms with Gasteiger partial charge >= 0.3 is 0 Å². The Morgan fingerprint density at radius 3 is 2.59 bits per heavy atom. The Hall–Kier alpha value is -2.33. The van der Waals surface area contributed by atoms with Crippen molar-refractivity contribution in [2.75, 3.05) is 32.8 Å². The molecule has 1 atom stereocenters. The highest BCUT2D eigenvalue weighted by atomic mass is 32.2. The van der Waals surface area contributed by atoms with Crippen molar-refractivity contribution in [3.05, 3.63) is 70.3 Å². The van der Waals surface area contributed by atoms with Crippen molar-refractivity contribution in [2.45, 2.75) is 23.8 Å². The molecule has 1 unspecified atom stereocenters. The molecule has 1 saturated heterocycles. The van der Waals surface area contributed by atoms with Gasteiger partial charge in [-0.25, -0.2) is 13.1 Å². The number of nitro groups is 1. The summed E-state index contributed by atoms with van der Waals surface area (Å²) in [5.74, 6) is 0. The van der Waals surface area contributed by atoms with E-state index in [2.05, 4.69) is 21.8 Å². The topological polar surface area (TPSA) is 102 Å². The van der Waals surface area contributed by atoms with Gasteiger partial charge in [0.1, 0.15) is 0 Å². The van der Waals surface area contributed by atoms with Crippen LogP contribution in [0.15, 0.2) is 59.5 Å². The van der Waals surface area contributed by atoms with Gasteiger partial charge in [-0.1, -0.05) is 42.5 Å². The van der Waals surface area contributed by atoms with Gasteiger partial charge in [0.2, 0.25) is 10.0 Å². The summed E-state index contributed by atoms with van der Waals surface area (Å²) < 4.78 is 33.1. The van der Waals surface area contributed by atoms with Crippen molar-refractivity contribution in [1.82, 2.24) is 9.62 Å². The summed E-state index contributed by atoms with van der Waals surface area (Å²) in [5, 5.41) is 11.0. The van der Waals surface area contributed by atoms with Crippen LogP contribution in [0.2, 0.25) is 0 Å². The predicted molar refractivity (Wildman–Crippen MR) is 109 cm³/mol. The van der Waals surface area contributed by atoms with Crippen molar-refractivity contribution < 1.29 is 18.1 Å². The summed E-state index contributed by atoms with van der Waals surface area (Å²) in [4.78, 5) is 12.4. The van der Waals surface area contributed by atoms with E-state index < -0.39 is 20.6 Å². The van der Waals surface area contributed by atoms with Crippen molar-refractivity contribution in [2.24, 2.45) is 0 Å². The summed E-state index contributed by atoms with van der Waals surface area (Å²) in [5.41, 5.74) is 0.745. The fourth-order valence-electron chi connectivity index (χ4n) is 3.35. The standard InChI is InChI=1S/C20H25N3O5S/c24-23(25)18-10-4-5-11-20(18)29(26,27)21-12-6-7-13-22-14-15-28-19(16-22)17-8-2-1-3-9-17/h1-5,8-11,19,21H,6-7,12-16H2. The number of para-hydroxylation sites is 1. The lowest BCUT2D eigenvalue weighted by molar-refractivity contribution is -0.387. The molecule has 0 radical (unpaired) electrons. The van der Waals surface area contributed by atoms with Crippen molar-refractivity contribution in [3.63, 3.8) is 0 Å². The quantitative estimate of drug-likeness (QED) is 0.381. The molecule has 0 spiro atoms. The first-order valence-electron chi connectivity index (χ1n) is 9.59. The fourth-order valence-corrected chi connectivity index (χ4v) is 4.60. The largest absolute Gasteiger partial charge is 0.371 e. The maximum Gasteiger partial charge on any atom is 0.289 e. The number of benzene rings is 2. The minimum absolute atomic E-state index is 0.0575. The van der Waals surface area contributed by atoms with Crippen LogP contribution in [0, 0.1) is 10.1 Å². The monoisotopic (exact) mass is 419 g/mol. The lowest BCUT2D eigenvalue weighted by Crippen LogP contribution is -2.39. The zero-order valence-corrected chi connectivity index (χ0v) is 16.9. The molecule has 2 aromatic rings. The number of hydrogen-bond acceptors (Lipinski definition) is 6. The van der Waals surface area contributed by atoms with Gasteiger partial charge in [-0.05, 0) is 31.0 Å². The third kappa shape index (κ3) is 5.83. The molecule has 1 heterocycles. The molecule has 0 bridgehead atoms. The highest BCUT2D eigenvalue weighted by Crippen LogP contribution is 2.23. The minimum Gasteiger partial charge on any atom is -0.371 e. The molecule has 29 heavy (non-hydrogen) atoms. The van der Waals surface area contributed by atoms with Gasteiger partial charge in [0.25, 0.3) is 5.69 Å². The molecule has 0 aromatic heterocycles. The Labute approximate surface area is 170 Å². The first-order chi connectivity index (χ1) is 14.0. The average Bonchev–Trinajstić information content (AvgIpc) is 2.74. The number of nitro benzene ring substituents is 1. The van der Waals surface area contributed by atoms with E-state index in [0.717, 1.165) is 31.6 Å². The number of ether oxygens (including phenoxy) is 1. The molecule has 0 saturated carbocycles. The number of hydrogen-bond donors (Lipinski definition) is 1. The van der Waals surface area contributed by atoms with Crippen LogP contribution in [0.25, 0.3) is 0 Å². The van der Waals surface area contributed by atoms with Gasteiger partial charge in [0.15, 0.2) is 4.90 Å². The van der Waals surface area contributed by atoms with Crippen LogP contribution in [-0.2, 0) is 14.8 Å². The van der Waals surface area contributed by atoms with E-state index in [1.165, 1.54) is 24.3 Å². The van der Waals surface area contributed by atoms with Gasteiger partial charge in [0.05, 0.1) is 17.6 Å². The SMILES string of the molecule is O=[N+]([O-])c1ccccc1S(=O)(=O)NCCCCN1CCOC(c2ccccc2)C1. The third-order valence-corrected chi connectivity index (χ3v) is 6.38. The van der Waals surface area contributed by atoms with Crippen LogP contribution in [0.3, 0.4) is 0 Å². The number of nitrogens with zero attached hydrogens (tertiary/aromatic N) is 2. The summed E-state index contributed by atoms with van der Waals surface area (Å²) in [6.07, 6.45) is 1.52. The molecular weight excluding hydrogens is 394 g/mol. The van der Waals surface area contributed by atoms with Crippen molar-refractivity contribution in [1.29, 1.82) is 0 Å². The Balaban J connectivity index is 1.44. The van der Waals surface area contributed by atoms with Crippen LogP contribution in [0.5, 0.6) is 0 Å². The van der Waals surface area contributed by atoms with Gasteiger partial charge < -0.3 is 4.74 Å². The molecule has 1 aliphatic rings. The van der Waals surface area contributed by atoms with Crippen LogP contribution in [0.1, 0.15) is 24.5 Å². The third-order valence-electron chi connectivity index (χ3n) is 4.87. The van der Waals surface area contributed by atoms with E-state index in [0.29, 0.717) is 13.0 Å². The van der Waals surface area contributed by atoms with Gasteiger partial charge in [-0.15, -0.1) is 0 Å². The van der Waals surface area contributed by atoms with E-state index in [9.17, 15) is 18.5 Å². The highest BCUT2D eigenvalue weighted by molar-refractivity contribution is 7.89. The van der Waals surface area contributed by atoms with Gasteiger partial charge in [-0.2, -0.15) is 0 Å². The van der Waals surface area contributed by atoms with E-state index in [-0.39, 0.29) is 17.5 Å². The Morgan fingerprint density at radius 2 is 1.83 bits per heavy atom. The normalized spacial score (nSPS) is 17.9. The first-order valence-corrected chi connectivity index (χ1v) is 11.1. The molecule has 156 valence electrons.